The lowest BCUT2D eigenvalue weighted by molar-refractivity contribution is -0.136. The number of para-hydroxylation sites is 1. The van der Waals surface area contributed by atoms with Crippen molar-refractivity contribution < 1.29 is 19.1 Å². The van der Waals surface area contributed by atoms with Crippen molar-refractivity contribution in [1.82, 2.24) is 5.32 Å². The van der Waals surface area contributed by atoms with Crippen molar-refractivity contribution in [3.63, 3.8) is 0 Å². The van der Waals surface area contributed by atoms with Crippen LogP contribution in [0.1, 0.15) is 18.1 Å². The van der Waals surface area contributed by atoms with Crippen LogP contribution in [0.5, 0.6) is 0 Å². The summed E-state index contributed by atoms with van der Waals surface area (Å²) in [5, 5.41) is 15.3. The fourth-order valence-electron chi connectivity index (χ4n) is 2.14. The lowest BCUT2D eigenvalue weighted by Crippen LogP contribution is -2.43. The Morgan fingerprint density at radius 3 is 2.33 bits per heavy atom. The third-order valence-electron chi connectivity index (χ3n) is 3.66. The molecular formula is C18H19FN2O3. The third-order valence-corrected chi connectivity index (χ3v) is 3.66. The largest absolute Gasteiger partial charge is 0.384 e. The molecule has 0 fully saturated rings. The van der Waals surface area contributed by atoms with E-state index in [1.165, 1.54) is 31.2 Å². The molecule has 2 rings (SSSR count). The molecule has 2 aromatic rings. The standard InChI is InChI=1S/C18H19FN2O3/c1-12-5-3-4-6-15(12)21-17(23)16(22)20-11-18(2,24)13-7-9-14(19)10-8-13/h3-10,24H,11H2,1-2H3,(H,20,22)(H,21,23). The molecule has 3 N–H and O–H groups in total. The fourth-order valence-corrected chi connectivity index (χ4v) is 2.14. The van der Waals surface area contributed by atoms with E-state index < -0.39 is 23.2 Å². The minimum absolute atomic E-state index is 0.182. The van der Waals surface area contributed by atoms with Crippen molar-refractivity contribution in [2.75, 3.05) is 11.9 Å². The van der Waals surface area contributed by atoms with Gasteiger partial charge in [0, 0.05) is 5.69 Å². The molecular weight excluding hydrogens is 311 g/mol. The summed E-state index contributed by atoms with van der Waals surface area (Å²) in [6, 6.07) is 12.4. The summed E-state index contributed by atoms with van der Waals surface area (Å²) in [6.45, 7) is 3.10. The number of carbonyl (C=O) groups excluding carboxylic acids is 2. The second-order valence-electron chi connectivity index (χ2n) is 5.73. The summed E-state index contributed by atoms with van der Waals surface area (Å²) in [5.74, 6) is -2.10. The highest BCUT2D eigenvalue weighted by Gasteiger charge is 2.25. The topological polar surface area (TPSA) is 78.4 Å². The molecule has 1 atom stereocenters. The first-order valence-corrected chi connectivity index (χ1v) is 7.43. The molecule has 0 saturated carbocycles. The SMILES string of the molecule is Cc1ccccc1NC(=O)C(=O)NCC(C)(O)c1ccc(F)cc1. The number of amides is 2. The highest BCUT2D eigenvalue weighted by atomic mass is 19.1. The van der Waals surface area contributed by atoms with Crippen molar-refractivity contribution in [2.45, 2.75) is 19.4 Å². The van der Waals surface area contributed by atoms with E-state index in [0.717, 1.165) is 5.56 Å². The Hall–Kier alpha value is -2.73. The maximum Gasteiger partial charge on any atom is 0.313 e. The number of halogens is 1. The van der Waals surface area contributed by atoms with Crippen LogP contribution in [0, 0.1) is 12.7 Å². The number of hydrogen-bond donors (Lipinski definition) is 3. The van der Waals surface area contributed by atoms with Crippen molar-refractivity contribution >= 4 is 17.5 Å². The molecule has 126 valence electrons. The van der Waals surface area contributed by atoms with Gasteiger partial charge in [0.2, 0.25) is 0 Å². The molecule has 0 heterocycles. The van der Waals surface area contributed by atoms with E-state index in [0.29, 0.717) is 11.3 Å². The van der Waals surface area contributed by atoms with Crippen LogP contribution < -0.4 is 10.6 Å². The van der Waals surface area contributed by atoms with Crippen molar-refractivity contribution in [3.05, 3.63) is 65.5 Å². The van der Waals surface area contributed by atoms with E-state index >= 15 is 0 Å². The molecule has 1 unspecified atom stereocenters. The van der Waals surface area contributed by atoms with E-state index in [-0.39, 0.29) is 6.54 Å². The maximum atomic E-state index is 12.9. The molecule has 0 bridgehead atoms. The van der Waals surface area contributed by atoms with Gasteiger partial charge in [-0.1, -0.05) is 30.3 Å². The van der Waals surface area contributed by atoms with Crippen molar-refractivity contribution in [1.29, 1.82) is 0 Å². The Morgan fingerprint density at radius 2 is 1.71 bits per heavy atom. The Bertz CT molecular complexity index is 742. The zero-order chi connectivity index (χ0) is 17.7. The van der Waals surface area contributed by atoms with E-state index in [1.807, 2.05) is 19.1 Å². The molecule has 0 aromatic heterocycles. The monoisotopic (exact) mass is 330 g/mol. The Labute approximate surface area is 139 Å². The van der Waals surface area contributed by atoms with E-state index in [2.05, 4.69) is 10.6 Å². The lowest BCUT2D eigenvalue weighted by atomic mass is 9.96. The first kappa shape index (κ1) is 17.6. The summed E-state index contributed by atoms with van der Waals surface area (Å²) in [4.78, 5) is 23.8. The van der Waals surface area contributed by atoms with Crippen LogP contribution in [0.15, 0.2) is 48.5 Å². The molecule has 0 aliphatic carbocycles. The van der Waals surface area contributed by atoms with Gasteiger partial charge in [0.25, 0.3) is 0 Å². The molecule has 24 heavy (non-hydrogen) atoms. The average molecular weight is 330 g/mol. The molecule has 6 heteroatoms. The van der Waals surface area contributed by atoms with E-state index in [1.54, 1.807) is 12.1 Å². The van der Waals surface area contributed by atoms with Gasteiger partial charge in [-0.25, -0.2) is 4.39 Å². The predicted octanol–water partition coefficient (Wildman–Crippen LogP) is 2.10. The second kappa shape index (κ2) is 7.23. The molecule has 0 aliphatic rings. The van der Waals surface area contributed by atoms with Crippen LogP contribution >= 0.6 is 0 Å². The zero-order valence-corrected chi connectivity index (χ0v) is 13.5. The molecule has 0 aliphatic heterocycles. The molecule has 0 spiro atoms. The Balaban J connectivity index is 1.95. The summed E-state index contributed by atoms with van der Waals surface area (Å²) in [5.41, 5.74) is 0.384. The molecule has 2 aromatic carbocycles. The highest BCUT2D eigenvalue weighted by molar-refractivity contribution is 6.39. The summed E-state index contributed by atoms with van der Waals surface area (Å²) >= 11 is 0. The fraction of sp³-hybridized carbons (Fsp3) is 0.222. The minimum Gasteiger partial charge on any atom is -0.384 e. The summed E-state index contributed by atoms with van der Waals surface area (Å²) < 4.78 is 12.9. The van der Waals surface area contributed by atoms with Gasteiger partial charge in [-0.2, -0.15) is 0 Å². The Kier molecular flexibility index (Phi) is 5.31. The molecule has 0 saturated heterocycles. The van der Waals surface area contributed by atoms with Gasteiger partial charge >= 0.3 is 11.8 Å². The van der Waals surface area contributed by atoms with Crippen molar-refractivity contribution in [2.24, 2.45) is 0 Å². The number of rotatable bonds is 4. The third kappa shape index (κ3) is 4.39. The zero-order valence-electron chi connectivity index (χ0n) is 13.5. The van der Waals surface area contributed by atoms with Gasteiger partial charge in [0.1, 0.15) is 11.4 Å². The first-order chi connectivity index (χ1) is 11.3. The van der Waals surface area contributed by atoms with E-state index in [9.17, 15) is 19.1 Å². The first-order valence-electron chi connectivity index (χ1n) is 7.43. The quantitative estimate of drug-likeness (QED) is 0.751. The van der Waals surface area contributed by atoms with Gasteiger partial charge in [-0.15, -0.1) is 0 Å². The van der Waals surface area contributed by atoms with Crippen LogP contribution in [0.25, 0.3) is 0 Å². The number of hydrogen-bond acceptors (Lipinski definition) is 3. The van der Waals surface area contributed by atoms with Gasteiger partial charge < -0.3 is 15.7 Å². The molecule has 2 amide bonds. The molecule has 5 nitrogen and oxygen atoms in total. The number of aliphatic hydroxyl groups is 1. The van der Waals surface area contributed by atoms with Gasteiger partial charge in [0.05, 0.1) is 6.54 Å². The van der Waals surface area contributed by atoms with Crippen LogP contribution in [0.3, 0.4) is 0 Å². The van der Waals surface area contributed by atoms with Gasteiger partial charge in [-0.05, 0) is 43.2 Å². The number of aryl methyl sites for hydroxylation is 1. The number of anilines is 1. The van der Waals surface area contributed by atoms with E-state index in [4.69, 9.17) is 0 Å². The summed E-state index contributed by atoms with van der Waals surface area (Å²) in [6.07, 6.45) is 0. The second-order valence-corrected chi connectivity index (χ2v) is 5.73. The number of benzene rings is 2. The lowest BCUT2D eigenvalue weighted by Gasteiger charge is -2.24. The predicted molar refractivity (Wildman–Crippen MR) is 88.8 cm³/mol. The van der Waals surface area contributed by atoms with Gasteiger partial charge in [0.15, 0.2) is 0 Å². The average Bonchev–Trinajstić information content (AvgIpc) is 2.55. The van der Waals surface area contributed by atoms with Crippen LogP contribution in [-0.2, 0) is 15.2 Å². The van der Waals surface area contributed by atoms with Gasteiger partial charge in [-0.3, -0.25) is 9.59 Å². The maximum absolute atomic E-state index is 12.9. The Morgan fingerprint density at radius 1 is 1.08 bits per heavy atom. The number of nitrogens with one attached hydrogen (secondary N) is 2. The van der Waals surface area contributed by atoms with Crippen LogP contribution in [-0.4, -0.2) is 23.5 Å². The highest BCUT2D eigenvalue weighted by Crippen LogP contribution is 2.20. The van der Waals surface area contributed by atoms with Crippen LogP contribution in [0.4, 0.5) is 10.1 Å². The minimum atomic E-state index is -1.42. The van der Waals surface area contributed by atoms with Crippen LogP contribution in [0.2, 0.25) is 0 Å². The smallest absolute Gasteiger partial charge is 0.313 e. The number of carbonyl (C=O) groups is 2. The molecule has 0 radical (unpaired) electrons. The van der Waals surface area contributed by atoms with Crippen molar-refractivity contribution in [3.8, 4) is 0 Å². The summed E-state index contributed by atoms with van der Waals surface area (Å²) in [7, 11) is 0. The normalized spacial score (nSPS) is 13.0.